The van der Waals surface area contributed by atoms with Crippen molar-refractivity contribution in [3.63, 3.8) is 0 Å². The fraction of sp³-hybridized carbons (Fsp3) is 0.429. The molecule has 0 saturated carbocycles. The highest BCUT2D eigenvalue weighted by Crippen LogP contribution is 2.17. The predicted molar refractivity (Wildman–Crippen MR) is 53.6 cm³/mol. The zero-order chi connectivity index (χ0) is 9.84. The molecule has 0 spiro atoms. The third kappa shape index (κ3) is 3.08. The zero-order valence-corrected chi connectivity index (χ0v) is 8.10. The largest absolute Gasteiger partial charge is 0.383 e. The van der Waals surface area contributed by atoms with E-state index in [9.17, 15) is 4.79 Å². The molecule has 0 amide bonds. The van der Waals surface area contributed by atoms with E-state index < -0.39 is 0 Å². The molecule has 1 aromatic rings. The van der Waals surface area contributed by atoms with Crippen LogP contribution in [0.3, 0.4) is 0 Å². The van der Waals surface area contributed by atoms with Crippen molar-refractivity contribution in [1.82, 2.24) is 9.97 Å². The minimum absolute atomic E-state index is 0.213. The van der Waals surface area contributed by atoms with Gasteiger partial charge in [0.15, 0.2) is 5.16 Å². The zero-order valence-electron chi connectivity index (χ0n) is 7.28. The Hall–Kier alpha value is -1.01. The Morgan fingerprint density at radius 3 is 3.00 bits per heavy atom. The monoisotopic (exact) mass is 200 g/mol. The molecule has 6 heteroatoms. The van der Waals surface area contributed by atoms with Gasteiger partial charge in [-0.1, -0.05) is 18.7 Å². The van der Waals surface area contributed by atoms with Crippen LogP contribution in [-0.4, -0.2) is 21.8 Å². The van der Waals surface area contributed by atoms with Gasteiger partial charge in [0.2, 0.25) is 0 Å². The summed E-state index contributed by atoms with van der Waals surface area (Å²) in [5.74, 6) is 0.232. The summed E-state index contributed by atoms with van der Waals surface area (Å²) in [7, 11) is 0. The first-order valence-electron chi connectivity index (χ1n) is 3.85. The van der Waals surface area contributed by atoms with E-state index in [1.807, 2.05) is 6.92 Å². The Morgan fingerprint density at radius 2 is 2.46 bits per heavy atom. The summed E-state index contributed by atoms with van der Waals surface area (Å²) in [6.07, 6.45) is 0. The van der Waals surface area contributed by atoms with Gasteiger partial charge in [-0.2, -0.15) is 0 Å². The number of H-pyrrole nitrogens is 1. The van der Waals surface area contributed by atoms with Gasteiger partial charge >= 0.3 is 0 Å². The van der Waals surface area contributed by atoms with Crippen LogP contribution in [-0.2, 0) is 0 Å². The first-order chi connectivity index (χ1) is 6.11. The second-order valence-corrected chi connectivity index (χ2v) is 4.07. The number of thioether (sulfide) groups is 1. The molecule has 0 aliphatic carbocycles. The Morgan fingerprint density at radius 1 is 1.77 bits per heavy atom. The topological polar surface area (TPSA) is 97.8 Å². The van der Waals surface area contributed by atoms with E-state index in [-0.39, 0.29) is 16.6 Å². The van der Waals surface area contributed by atoms with Crippen molar-refractivity contribution in [2.75, 3.05) is 12.3 Å². The van der Waals surface area contributed by atoms with Gasteiger partial charge in [0.25, 0.3) is 5.56 Å². The Balaban J connectivity index is 2.83. The van der Waals surface area contributed by atoms with E-state index in [1.54, 1.807) is 0 Å². The van der Waals surface area contributed by atoms with E-state index in [1.165, 1.54) is 17.8 Å². The van der Waals surface area contributed by atoms with Gasteiger partial charge in [0, 0.05) is 17.9 Å². The minimum atomic E-state index is -0.237. The van der Waals surface area contributed by atoms with E-state index in [2.05, 4.69) is 9.97 Å². The molecule has 0 fully saturated rings. The third-order valence-corrected chi connectivity index (χ3v) is 2.40. The number of aromatic nitrogens is 2. The average molecular weight is 200 g/mol. The Kier molecular flexibility index (Phi) is 3.32. The Bertz CT molecular complexity index is 338. The average Bonchev–Trinajstić information content (AvgIpc) is 2.02. The summed E-state index contributed by atoms with van der Waals surface area (Å²) in [6.45, 7) is 2.48. The molecule has 1 aromatic heterocycles. The van der Waals surface area contributed by atoms with Crippen LogP contribution in [0.5, 0.6) is 0 Å². The highest BCUT2D eigenvalue weighted by atomic mass is 32.2. The number of hydrogen-bond donors (Lipinski definition) is 3. The van der Waals surface area contributed by atoms with Crippen LogP contribution in [0.4, 0.5) is 5.82 Å². The van der Waals surface area contributed by atoms with Crippen molar-refractivity contribution in [2.45, 2.75) is 17.3 Å². The summed E-state index contributed by atoms with van der Waals surface area (Å²) in [4.78, 5) is 17.5. The lowest BCUT2D eigenvalue weighted by molar-refractivity contribution is 0.907. The lowest BCUT2D eigenvalue weighted by Gasteiger charge is -2.06. The van der Waals surface area contributed by atoms with Crippen molar-refractivity contribution < 1.29 is 0 Å². The van der Waals surface area contributed by atoms with Crippen molar-refractivity contribution in [1.29, 1.82) is 0 Å². The first-order valence-corrected chi connectivity index (χ1v) is 4.73. The van der Waals surface area contributed by atoms with Crippen molar-refractivity contribution in [2.24, 2.45) is 5.73 Å². The number of rotatable bonds is 3. The van der Waals surface area contributed by atoms with Crippen LogP contribution in [0.1, 0.15) is 6.92 Å². The number of aromatic amines is 1. The number of nitrogens with one attached hydrogen (secondary N) is 1. The summed E-state index contributed by atoms with van der Waals surface area (Å²) in [5.41, 5.74) is 10.6. The van der Waals surface area contributed by atoms with E-state index >= 15 is 0 Å². The molecular weight excluding hydrogens is 188 g/mol. The molecule has 5 nitrogen and oxygen atoms in total. The quantitative estimate of drug-likeness (QED) is 0.463. The fourth-order valence-electron chi connectivity index (χ4n) is 0.748. The number of hydrogen-bond acceptors (Lipinski definition) is 5. The summed E-state index contributed by atoms with van der Waals surface area (Å²) < 4.78 is 0. The Labute approximate surface area is 79.9 Å². The van der Waals surface area contributed by atoms with Crippen LogP contribution in [0.2, 0.25) is 0 Å². The molecule has 0 bridgehead atoms. The van der Waals surface area contributed by atoms with E-state index in [4.69, 9.17) is 11.5 Å². The van der Waals surface area contributed by atoms with Gasteiger partial charge in [-0.15, -0.1) is 0 Å². The van der Waals surface area contributed by atoms with Crippen LogP contribution >= 0.6 is 11.8 Å². The fourth-order valence-corrected chi connectivity index (χ4v) is 1.54. The van der Waals surface area contributed by atoms with Crippen LogP contribution in [0.15, 0.2) is 16.0 Å². The molecule has 1 heterocycles. The number of nitrogen functional groups attached to an aromatic ring is 1. The third-order valence-electron chi connectivity index (χ3n) is 1.38. The van der Waals surface area contributed by atoms with Crippen LogP contribution < -0.4 is 17.0 Å². The molecule has 13 heavy (non-hydrogen) atoms. The number of nitrogens with two attached hydrogens (primary N) is 2. The highest BCUT2D eigenvalue weighted by molar-refractivity contribution is 7.99. The van der Waals surface area contributed by atoms with Gasteiger partial charge < -0.3 is 16.5 Å². The molecule has 1 rings (SSSR count). The van der Waals surface area contributed by atoms with E-state index in [0.717, 1.165) is 0 Å². The molecule has 0 aromatic carbocycles. The molecular formula is C7H12N4OS. The van der Waals surface area contributed by atoms with Gasteiger partial charge in [-0.25, -0.2) is 4.98 Å². The van der Waals surface area contributed by atoms with Crippen molar-refractivity contribution in [3.05, 3.63) is 16.4 Å². The molecule has 0 aliphatic heterocycles. The standard InChI is InChI=1S/C7H12N4OS/c1-4(3-8)13-7-10-5(9)2-6(12)11-7/h2,4H,3,8H2,1H3,(H3,9,10,11,12). The molecule has 72 valence electrons. The first kappa shape index (κ1) is 10.1. The van der Waals surface area contributed by atoms with Gasteiger partial charge in [0.05, 0.1) is 0 Å². The predicted octanol–water partition coefficient (Wildman–Crippen LogP) is -0.209. The van der Waals surface area contributed by atoms with E-state index in [0.29, 0.717) is 11.7 Å². The van der Waals surface area contributed by atoms with Crippen molar-refractivity contribution in [3.8, 4) is 0 Å². The lowest BCUT2D eigenvalue weighted by Crippen LogP contribution is -2.15. The maximum atomic E-state index is 11.0. The van der Waals surface area contributed by atoms with Gasteiger partial charge in [-0.3, -0.25) is 4.79 Å². The van der Waals surface area contributed by atoms with Gasteiger partial charge in [-0.05, 0) is 0 Å². The summed E-state index contributed by atoms with van der Waals surface area (Å²) in [5, 5.41) is 0.730. The minimum Gasteiger partial charge on any atom is -0.383 e. The molecule has 0 saturated heterocycles. The SMILES string of the molecule is CC(CN)Sc1nc(N)cc(=O)[nH]1. The lowest BCUT2D eigenvalue weighted by atomic mass is 10.5. The number of anilines is 1. The molecule has 5 N–H and O–H groups in total. The highest BCUT2D eigenvalue weighted by Gasteiger charge is 2.04. The number of nitrogens with zero attached hydrogens (tertiary/aromatic N) is 1. The summed E-state index contributed by atoms with van der Waals surface area (Å²) in [6, 6.07) is 1.25. The summed E-state index contributed by atoms with van der Waals surface area (Å²) >= 11 is 1.40. The smallest absolute Gasteiger partial charge is 0.253 e. The van der Waals surface area contributed by atoms with Crippen LogP contribution in [0, 0.1) is 0 Å². The maximum Gasteiger partial charge on any atom is 0.253 e. The molecule has 1 atom stereocenters. The second-order valence-electron chi connectivity index (χ2n) is 2.64. The molecule has 1 unspecified atom stereocenters. The van der Waals surface area contributed by atoms with Gasteiger partial charge in [0.1, 0.15) is 5.82 Å². The normalized spacial score (nSPS) is 12.8. The van der Waals surface area contributed by atoms with Crippen molar-refractivity contribution >= 4 is 17.6 Å². The van der Waals surface area contributed by atoms with Crippen LogP contribution in [0.25, 0.3) is 0 Å². The maximum absolute atomic E-state index is 11.0. The second kappa shape index (κ2) is 4.29. The molecule has 0 radical (unpaired) electrons. The molecule has 0 aliphatic rings.